The SMILES string of the molecule is COc1cnccc1C(=O)NC1CC(O)C1(C)C. The second kappa shape index (κ2) is 4.57. The van der Waals surface area contributed by atoms with Gasteiger partial charge < -0.3 is 15.2 Å². The van der Waals surface area contributed by atoms with Gasteiger partial charge in [-0.15, -0.1) is 0 Å². The van der Waals surface area contributed by atoms with E-state index in [1.165, 1.54) is 13.3 Å². The third-order valence-electron chi connectivity index (χ3n) is 3.77. The molecule has 2 rings (SSSR count). The number of carbonyl (C=O) groups is 1. The first-order chi connectivity index (χ1) is 8.46. The number of pyridine rings is 1. The van der Waals surface area contributed by atoms with Crippen LogP contribution in [0.5, 0.6) is 5.75 Å². The molecule has 5 heteroatoms. The third kappa shape index (κ3) is 2.06. The molecule has 1 fully saturated rings. The first-order valence-electron chi connectivity index (χ1n) is 5.93. The van der Waals surface area contributed by atoms with Crippen LogP contribution < -0.4 is 10.1 Å². The van der Waals surface area contributed by atoms with E-state index in [0.717, 1.165) is 0 Å². The number of aromatic nitrogens is 1. The van der Waals surface area contributed by atoms with Crippen molar-refractivity contribution in [2.75, 3.05) is 7.11 Å². The van der Waals surface area contributed by atoms with Gasteiger partial charge in [0.1, 0.15) is 5.75 Å². The molecule has 2 atom stereocenters. The van der Waals surface area contributed by atoms with Crippen LogP contribution in [-0.2, 0) is 0 Å². The molecule has 1 aromatic rings. The quantitative estimate of drug-likeness (QED) is 0.839. The van der Waals surface area contributed by atoms with Gasteiger partial charge in [-0.1, -0.05) is 13.8 Å². The zero-order valence-corrected chi connectivity index (χ0v) is 10.8. The summed E-state index contributed by atoms with van der Waals surface area (Å²) in [5.74, 6) is 0.256. The summed E-state index contributed by atoms with van der Waals surface area (Å²) in [5.41, 5.74) is 0.181. The normalized spacial score (nSPS) is 25.1. The highest BCUT2D eigenvalue weighted by Gasteiger charge is 2.48. The van der Waals surface area contributed by atoms with E-state index in [1.807, 2.05) is 13.8 Å². The Balaban J connectivity index is 2.09. The number of aliphatic hydroxyl groups excluding tert-OH is 1. The molecule has 18 heavy (non-hydrogen) atoms. The standard InChI is InChI=1S/C13H18N2O3/c1-13(2)10(6-11(13)16)15-12(17)8-4-5-14-7-9(8)18-3/h4-5,7,10-11,16H,6H2,1-3H3,(H,15,17). The topological polar surface area (TPSA) is 71.5 Å². The molecule has 0 aromatic carbocycles. The summed E-state index contributed by atoms with van der Waals surface area (Å²) >= 11 is 0. The number of ether oxygens (including phenoxy) is 1. The van der Waals surface area contributed by atoms with Crippen molar-refractivity contribution < 1.29 is 14.6 Å². The second-order valence-corrected chi connectivity index (χ2v) is 5.17. The second-order valence-electron chi connectivity index (χ2n) is 5.17. The average molecular weight is 250 g/mol. The van der Waals surface area contributed by atoms with Gasteiger partial charge in [0.25, 0.3) is 5.91 Å². The third-order valence-corrected chi connectivity index (χ3v) is 3.77. The maximum absolute atomic E-state index is 12.1. The number of rotatable bonds is 3. The van der Waals surface area contributed by atoms with Crippen molar-refractivity contribution in [3.63, 3.8) is 0 Å². The molecule has 1 aliphatic carbocycles. The lowest BCUT2D eigenvalue weighted by Crippen LogP contribution is -2.61. The molecular weight excluding hydrogens is 232 g/mol. The predicted molar refractivity (Wildman–Crippen MR) is 66.4 cm³/mol. The molecule has 98 valence electrons. The Labute approximate surface area is 106 Å². The Hall–Kier alpha value is -1.62. The lowest BCUT2D eigenvalue weighted by Gasteiger charge is -2.49. The zero-order chi connectivity index (χ0) is 13.3. The molecule has 0 bridgehead atoms. The van der Waals surface area contributed by atoms with E-state index in [2.05, 4.69) is 10.3 Å². The van der Waals surface area contributed by atoms with Crippen LogP contribution in [-0.4, -0.2) is 35.3 Å². The van der Waals surface area contributed by atoms with Crippen LogP contribution in [0.25, 0.3) is 0 Å². The Morgan fingerprint density at radius 3 is 2.89 bits per heavy atom. The van der Waals surface area contributed by atoms with Gasteiger partial charge in [0, 0.05) is 17.7 Å². The minimum Gasteiger partial charge on any atom is -0.494 e. The first-order valence-corrected chi connectivity index (χ1v) is 5.93. The summed E-state index contributed by atoms with van der Waals surface area (Å²) in [6, 6.07) is 1.61. The highest BCUT2D eigenvalue weighted by atomic mass is 16.5. The average Bonchev–Trinajstić information content (AvgIpc) is 2.38. The van der Waals surface area contributed by atoms with Crippen LogP contribution in [0, 0.1) is 5.41 Å². The summed E-state index contributed by atoms with van der Waals surface area (Å²) in [6.07, 6.45) is 3.29. The largest absolute Gasteiger partial charge is 0.494 e. The number of aliphatic hydroxyl groups is 1. The molecule has 1 amide bonds. The number of hydrogen-bond acceptors (Lipinski definition) is 4. The Bertz CT molecular complexity index is 459. The summed E-state index contributed by atoms with van der Waals surface area (Å²) in [6.45, 7) is 3.88. The monoisotopic (exact) mass is 250 g/mol. The van der Waals surface area contributed by atoms with Gasteiger partial charge in [0.15, 0.2) is 0 Å². The summed E-state index contributed by atoms with van der Waals surface area (Å²) in [4.78, 5) is 16.0. The van der Waals surface area contributed by atoms with Crippen LogP contribution in [0.15, 0.2) is 18.5 Å². The van der Waals surface area contributed by atoms with Crippen molar-refractivity contribution in [2.24, 2.45) is 5.41 Å². The maximum Gasteiger partial charge on any atom is 0.255 e. The highest BCUT2D eigenvalue weighted by Crippen LogP contribution is 2.40. The zero-order valence-electron chi connectivity index (χ0n) is 10.8. The van der Waals surface area contributed by atoms with Crippen LogP contribution in [0.4, 0.5) is 0 Å². The van der Waals surface area contributed by atoms with E-state index in [1.54, 1.807) is 12.3 Å². The number of nitrogens with zero attached hydrogens (tertiary/aromatic N) is 1. The van der Waals surface area contributed by atoms with Gasteiger partial charge in [-0.3, -0.25) is 9.78 Å². The van der Waals surface area contributed by atoms with E-state index in [4.69, 9.17) is 4.74 Å². The number of nitrogens with one attached hydrogen (secondary N) is 1. The van der Waals surface area contributed by atoms with Gasteiger partial charge in [-0.05, 0) is 12.5 Å². The van der Waals surface area contributed by atoms with E-state index in [-0.39, 0.29) is 23.5 Å². The smallest absolute Gasteiger partial charge is 0.255 e. The number of carbonyl (C=O) groups excluding carboxylic acids is 1. The van der Waals surface area contributed by atoms with E-state index in [9.17, 15) is 9.90 Å². The van der Waals surface area contributed by atoms with Crippen LogP contribution in [0.3, 0.4) is 0 Å². The molecule has 1 aromatic heterocycles. The number of hydrogen-bond donors (Lipinski definition) is 2. The fourth-order valence-corrected chi connectivity index (χ4v) is 2.11. The molecule has 1 aliphatic rings. The van der Waals surface area contributed by atoms with Gasteiger partial charge in [-0.25, -0.2) is 0 Å². The number of amides is 1. The van der Waals surface area contributed by atoms with Gasteiger partial charge in [0.2, 0.25) is 0 Å². The van der Waals surface area contributed by atoms with Gasteiger partial charge >= 0.3 is 0 Å². The summed E-state index contributed by atoms with van der Waals surface area (Å²) in [5, 5.41) is 12.6. The Morgan fingerprint density at radius 2 is 2.33 bits per heavy atom. The molecule has 5 nitrogen and oxygen atoms in total. The lowest BCUT2D eigenvalue weighted by molar-refractivity contribution is -0.0689. The molecule has 2 N–H and O–H groups in total. The predicted octanol–water partition coefficient (Wildman–Crippen LogP) is 0.979. The fraction of sp³-hybridized carbons (Fsp3) is 0.538. The van der Waals surface area contributed by atoms with Crippen LogP contribution in [0.1, 0.15) is 30.6 Å². The highest BCUT2D eigenvalue weighted by molar-refractivity contribution is 5.97. The summed E-state index contributed by atoms with van der Waals surface area (Å²) < 4.78 is 5.10. The molecule has 1 heterocycles. The van der Waals surface area contributed by atoms with Crippen LogP contribution in [0.2, 0.25) is 0 Å². The Morgan fingerprint density at radius 1 is 1.61 bits per heavy atom. The molecular formula is C13H18N2O3. The first kappa shape index (κ1) is 12.8. The van der Waals surface area contributed by atoms with Crippen molar-refractivity contribution in [3.05, 3.63) is 24.0 Å². The van der Waals surface area contributed by atoms with Crippen LogP contribution >= 0.6 is 0 Å². The van der Waals surface area contributed by atoms with E-state index in [0.29, 0.717) is 17.7 Å². The minimum absolute atomic E-state index is 0.0159. The van der Waals surface area contributed by atoms with E-state index < -0.39 is 0 Å². The lowest BCUT2D eigenvalue weighted by atomic mass is 9.64. The minimum atomic E-state index is -0.359. The van der Waals surface area contributed by atoms with Crippen molar-refractivity contribution in [3.8, 4) is 5.75 Å². The number of methoxy groups -OCH3 is 1. The van der Waals surface area contributed by atoms with Crippen molar-refractivity contribution in [2.45, 2.75) is 32.4 Å². The molecule has 0 spiro atoms. The molecule has 2 unspecified atom stereocenters. The van der Waals surface area contributed by atoms with Gasteiger partial charge in [-0.2, -0.15) is 0 Å². The fourth-order valence-electron chi connectivity index (χ4n) is 2.11. The Kier molecular flexibility index (Phi) is 3.26. The molecule has 1 saturated carbocycles. The van der Waals surface area contributed by atoms with Crippen molar-refractivity contribution in [1.82, 2.24) is 10.3 Å². The maximum atomic E-state index is 12.1. The molecule has 0 aliphatic heterocycles. The molecule has 0 radical (unpaired) electrons. The van der Waals surface area contributed by atoms with Crippen molar-refractivity contribution in [1.29, 1.82) is 0 Å². The van der Waals surface area contributed by atoms with Crippen molar-refractivity contribution >= 4 is 5.91 Å². The van der Waals surface area contributed by atoms with E-state index >= 15 is 0 Å². The summed E-state index contributed by atoms with van der Waals surface area (Å²) in [7, 11) is 1.50. The molecule has 0 saturated heterocycles. The van der Waals surface area contributed by atoms with Gasteiger partial charge in [0.05, 0.1) is 25.0 Å².